The van der Waals surface area contributed by atoms with Crippen molar-refractivity contribution in [3.05, 3.63) is 22.7 Å². The Morgan fingerprint density at radius 1 is 1.12 bits per heavy atom. The molecule has 1 rings (SSSR count). The molecule has 0 unspecified atom stereocenters. The van der Waals surface area contributed by atoms with E-state index >= 15 is 0 Å². The van der Waals surface area contributed by atoms with Crippen LogP contribution in [-0.4, -0.2) is 19.8 Å². The van der Waals surface area contributed by atoms with E-state index < -0.39 is 0 Å². The fourth-order valence-corrected chi connectivity index (χ4v) is 1.69. The maximum Gasteiger partial charge on any atom is 0.138 e. The standard InChI is InChI=1S/C12H18ClNO2/c1-3-15-11-8-10(13)12(16-4-2)7-9(11)5-6-14/h7-8H,3-6,14H2,1-2H3. The molecule has 0 bridgehead atoms. The van der Waals surface area contributed by atoms with E-state index in [1.54, 1.807) is 6.07 Å². The second kappa shape index (κ2) is 6.61. The van der Waals surface area contributed by atoms with Crippen LogP contribution in [-0.2, 0) is 6.42 Å². The molecular formula is C12H18ClNO2. The molecule has 0 aromatic heterocycles. The predicted molar refractivity (Wildman–Crippen MR) is 66.5 cm³/mol. The Balaban J connectivity index is 3.03. The predicted octanol–water partition coefficient (Wildman–Crippen LogP) is 2.64. The molecule has 0 amide bonds. The molecule has 0 fully saturated rings. The van der Waals surface area contributed by atoms with Crippen molar-refractivity contribution in [1.82, 2.24) is 0 Å². The summed E-state index contributed by atoms with van der Waals surface area (Å²) in [6, 6.07) is 3.70. The molecule has 90 valence electrons. The first-order valence-corrected chi connectivity index (χ1v) is 5.88. The minimum Gasteiger partial charge on any atom is -0.494 e. The second-order valence-corrected chi connectivity index (χ2v) is 3.70. The van der Waals surface area contributed by atoms with Gasteiger partial charge in [-0.25, -0.2) is 0 Å². The van der Waals surface area contributed by atoms with Gasteiger partial charge in [0.1, 0.15) is 11.5 Å². The third-order valence-corrected chi connectivity index (χ3v) is 2.42. The molecule has 2 N–H and O–H groups in total. The van der Waals surface area contributed by atoms with Crippen molar-refractivity contribution in [2.24, 2.45) is 5.73 Å². The SMILES string of the molecule is CCOc1cc(CCN)c(OCC)cc1Cl. The maximum absolute atomic E-state index is 6.08. The average molecular weight is 244 g/mol. The van der Waals surface area contributed by atoms with Gasteiger partial charge >= 0.3 is 0 Å². The average Bonchev–Trinajstić information content (AvgIpc) is 2.25. The topological polar surface area (TPSA) is 44.5 Å². The van der Waals surface area contributed by atoms with E-state index in [0.717, 1.165) is 17.7 Å². The van der Waals surface area contributed by atoms with Gasteiger partial charge in [-0.15, -0.1) is 0 Å². The molecule has 0 spiro atoms. The summed E-state index contributed by atoms with van der Waals surface area (Å²) in [6.45, 7) is 5.65. The molecule has 1 aromatic carbocycles. The van der Waals surface area contributed by atoms with Gasteiger partial charge < -0.3 is 15.2 Å². The number of ether oxygens (including phenoxy) is 2. The van der Waals surface area contributed by atoms with E-state index in [4.69, 9.17) is 26.8 Å². The lowest BCUT2D eigenvalue weighted by Gasteiger charge is -2.13. The first-order chi connectivity index (χ1) is 7.72. The Bertz CT molecular complexity index is 342. The highest BCUT2D eigenvalue weighted by molar-refractivity contribution is 6.32. The summed E-state index contributed by atoms with van der Waals surface area (Å²) in [5.41, 5.74) is 6.60. The zero-order valence-corrected chi connectivity index (χ0v) is 10.5. The third kappa shape index (κ3) is 3.29. The zero-order chi connectivity index (χ0) is 12.0. The summed E-state index contributed by atoms with van der Waals surface area (Å²) in [4.78, 5) is 0. The minimum absolute atomic E-state index is 0.575. The van der Waals surface area contributed by atoms with Crippen molar-refractivity contribution in [2.45, 2.75) is 20.3 Å². The van der Waals surface area contributed by atoms with Crippen LogP contribution < -0.4 is 15.2 Å². The van der Waals surface area contributed by atoms with Crippen LogP contribution in [0.2, 0.25) is 5.02 Å². The Morgan fingerprint density at radius 2 is 1.75 bits per heavy atom. The number of hydrogen-bond acceptors (Lipinski definition) is 3. The van der Waals surface area contributed by atoms with E-state index in [2.05, 4.69) is 0 Å². The highest BCUT2D eigenvalue weighted by Gasteiger charge is 2.09. The van der Waals surface area contributed by atoms with Gasteiger partial charge in [0.25, 0.3) is 0 Å². The quantitative estimate of drug-likeness (QED) is 0.836. The van der Waals surface area contributed by atoms with Crippen molar-refractivity contribution >= 4 is 11.6 Å². The molecule has 0 saturated carbocycles. The van der Waals surface area contributed by atoms with Gasteiger partial charge in [0.15, 0.2) is 0 Å². The molecule has 4 heteroatoms. The lowest BCUT2D eigenvalue weighted by molar-refractivity contribution is 0.327. The normalized spacial score (nSPS) is 10.2. The fraction of sp³-hybridized carbons (Fsp3) is 0.500. The molecular weight excluding hydrogens is 226 g/mol. The Kier molecular flexibility index (Phi) is 5.43. The van der Waals surface area contributed by atoms with Crippen LogP contribution >= 0.6 is 11.6 Å². The van der Waals surface area contributed by atoms with Crippen LogP contribution in [0.3, 0.4) is 0 Å². The molecule has 0 atom stereocenters. The number of benzene rings is 1. The summed E-state index contributed by atoms with van der Waals surface area (Å²) in [7, 11) is 0. The van der Waals surface area contributed by atoms with Crippen molar-refractivity contribution in [3.63, 3.8) is 0 Å². The summed E-state index contributed by atoms with van der Waals surface area (Å²) in [5.74, 6) is 1.48. The van der Waals surface area contributed by atoms with Crippen molar-refractivity contribution in [1.29, 1.82) is 0 Å². The third-order valence-electron chi connectivity index (χ3n) is 2.13. The van der Waals surface area contributed by atoms with Gasteiger partial charge in [-0.3, -0.25) is 0 Å². The van der Waals surface area contributed by atoms with Crippen LogP contribution in [0.1, 0.15) is 19.4 Å². The Labute approximate surface area is 101 Å². The largest absolute Gasteiger partial charge is 0.494 e. The van der Waals surface area contributed by atoms with Gasteiger partial charge in [0.05, 0.1) is 18.2 Å². The van der Waals surface area contributed by atoms with Gasteiger partial charge in [0.2, 0.25) is 0 Å². The summed E-state index contributed by atoms with van der Waals surface area (Å²) < 4.78 is 10.9. The highest BCUT2D eigenvalue weighted by atomic mass is 35.5. The zero-order valence-electron chi connectivity index (χ0n) is 9.75. The smallest absolute Gasteiger partial charge is 0.138 e. The lowest BCUT2D eigenvalue weighted by atomic mass is 10.1. The summed E-state index contributed by atoms with van der Waals surface area (Å²) >= 11 is 6.08. The van der Waals surface area contributed by atoms with Crippen LogP contribution in [0.4, 0.5) is 0 Å². The summed E-state index contributed by atoms with van der Waals surface area (Å²) in [5, 5.41) is 0.575. The van der Waals surface area contributed by atoms with E-state index in [0.29, 0.717) is 30.5 Å². The Morgan fingerprint density at radius 3 is 2.31 bits per heavy atom. The fourth-order valence-electron chi connectivity index (χ4n) is 1.48. The summed E-state index contributed by atoms with van der Waals surface area (Å²) in [6.07, 6.45) is 0.757. The number of hydrogen-bond donors (Lipinski definition) is 1. The highest BCUT2D eigenvalue weighted by Crippen LogP contribution is 2.33. The lowest BCUT2D eigenvalue weighted by Crippen LogP contribution is -2.06. The monoisotopic (exact) mass is 243 g/mol. The maximum atomic E-state index is 6.08. The van der Waals surface area contributed by atoms with E-state index in [1.807, 2.05) is 19.9 Å². The molecule has 0 heterocycles. The molecule has 0 aliphatic heterocycles. The van der Waals surface area contributed by atoms with Crippen molar-refractivity contribution in [2.75, 3.05) is 19.8 Å². The van der Waals surface area contributed by atoms with Crippen LogP contribution in [0.25, 0.3) is 0 Å². The second-order valence-electron chi connectivity index (χ2n) is 3.30. The van der Waals surface area contributed by atoms with Crippen LogP contribution in [0, 0.1) is 0 Å². The first kappa shape index (κ1) is 13.1. The van der Waals surface area contributed by atoms with Crippen molar-refractivity contribution in [3.8, 4) is 11.5 Å². The van der Waals surface area contributed by atoms with E-state index in [9.17, 15) is 0 Å². The van der Waals surface area contributed by atoms with Gasteiger partial charge in [0, 0.05) is 6.07 Å². The van der Waals surface area contributed by atoms with Gasteiger partial charge in [-0.2, -0.15) is 0 Å². The molecule has 0 radical (unpaired) electrons. The molecule has 16 heavy (non-hydrogen) atoms. The van der Waals surface area contributed by atoms with Crippen LogP contribution in [0.5, 0.6) is 11.5 Å². The minimum atomic E-state index is 0.575. The number of nitrogens with two attached hydrogens (primary N) is 1. The first-order valence-electron chi connectivity index (χ1n) is 5.51. The molecule has 3 nitrogen and oxygen atoms in total. The van der Waals surface area contributed by atoms with Crippen LogP contribution in [0.15, 0.2) is 12.1 Å². The van der Waals surface area contributed by atoms with Gasteiger partial charge in [-0.05, 0) is 38.4 Å². The Hall–Kier alpha value is -0.930. The van der Waals surface area contributed by atoms with Crippen molar-refractivity contribution < 1.29 is 9.47 Å². The van der Waals surface area contributed by atoms with E-state index in [1.165, 1.54) is 0 Å². The molecule has 0 aliphatic carbocycles. The van der Waals surface area contributed by atoms with Gasteiger partial charge in [-0.1, -0.05) is 11.6 Å². The molecule has 1 aromatic rings. The van der Waals surface area contributed by atoms with E-state index in [-0.39, 0.29) is 0 Å². The number of halogens is 1. The molecule has 0 saturated heterocycles. The molecule has 0 aliphatic rings. The number of rotatable bonds is 6.